The second kappa shape index (κ2) is 11.1. The van der Waals surface area contributed by atoms with Gasteiger partial charge in [0.05, 0.1) is 30.3 Å². The number of esters is 1. The molecule has 33 heavy (non-hydrogen) atoms. The van der Waals surface area contributed by atoms with E-state index >= 15 is 0 Å². The molecule has 0 aliphatic heterocycles. The SMILES string of the molecule is CNC(=O)c1c(-c2ccc(F)cc2)oc2nc(CN(CCCC(=O)OC)S(=O)O)c(I)cc12. The van der Waals surface area contributed by atoms with Crippen molar-refractivity contribution in [3.8, 4) is 11.3 Å². The molecule has 0 fully saturated rings. The summed E-state index contributed by atoms with van der Waals surface area (Å²) < 4.78 is 47.2. The molecule has 2 N–H and O–H groups in total. The summed E-state index contributed by atoms with van der Waals surface area (Å²) in [6, 6.07) is 7.25. The van der Waals surface area contributed by atoms with Crippen LogP contribution in [0.4, 0.5) is 4.39 Å². The fraction of sp³-hybridized carbons (Fsp3) is 0.286. The number of benzene rings is 1. The molecular formula is C21H21FIN3O6S. The Kier molecular flexibility index (Phi) is 8.51. The number of fused-ring (bicyclic) bond motifs is 1. The zero-order valence-electron chi connectivity index (χ0n) is 17.8. The standard InChI is InChI=1S/C21H21FIN3O6S/c1-24-20(28)18-14-10-15(23)16(11-26(33(29)30)9-3-4-17(27)31-2)25-21(14)32-19(18)12-5-7-13(22)8-6-12/h5-8,10H,3-4,9,11H2,1-2H3,(H,24,28)(H,29,30). The molecule has 1 unspecified atom stereocenters. The molecule has 0 aliphatic rings. The summed E-state index contributed by atoms with van der Waals surface area (Å²) >= 11 is -0.262. The first-order valence-electron chi connectivity index (χ1n) is 9.77. The van der Waals surface area contributed by atoms with E-state index < -0.39 is 23.1 Å². The number of carbonyl (C=O) groups excluding carboxylic acids is 2. The minimum absolute atomic E-state index is 0.0143. The van der Waals surface area contributed by atoms with Crippen molar-refractivity contribution in [1.29, 1.82) is 0 Å². The summed E-state index contributed by atoms with van der Waals surface area (Å²) in [4.78, 5) is 28.4. The molecule has 0 saturated heterocycles. The number of nitrogens with one attached hydrogen (secondary N) is 1. The van der Waals surface area contributed by atoms with Gasteiger partial charge in [-0.3, -0.25) is 14.1 Å². The molecule has 0 aliphatic carbocycles. The molecule has 9 nitrogen and oxygen atoms in total. The molecule has 3 aromatic rings. The van der Waals surface area contributed by atoms with E-state index in [0.717, 1.165) is 0 Å². The van der Waals surface area contributed by atoms with Gasteiger partial charge in [0.25, 0.3) is 5.91 Å². The van der Waals surface area contributed by atoms with Gasteiger partial charge in [-0.2, -0.15) is 4.31 Å². The Labute approximate surface area is 205 Å². The van der Waals surface area contributed by atoms with Crippen molar-refractivity contribution in [3.05, 3.63) is 51.0 Å². The van der Waals surface area contributed by atoms with Crippen LogP contribution in [-0.2, 0) is 27.3 Å². The average Bonchev–Trinajstić information content (AvgIpc) is 3.16. The van der Waals surface area contributed by atoms with Crippen LogP contribution in [-0.4, -0.2) is 50.6 Å². The van der Waals surface area contributed by atoms with Crippen LogP contribution in [0.15, 0.2) is 34.7 Å². The van der Waals surface area contributed by atoms with Gasteiger partial charge in [-0.15, -0.1) is 0 Å². The smallest absolute Gasteiger partial charge is 0.305 e. The zero-order valence-corrected chi connectivity index (χ0v) is 20.7. The fourth-order valence-electron chi connectivity index (χ4n) is 3.18. The molecular weight excluding hydrogens is 568 g/mol. The summed E-state index contributed by atoms with van der Waals surface area (Å²) in [6.45, 7) is 0.177. The predicted octanol–water partition coefficient (Wildman–Crippen LogP) is 3.49. The van der Waals surface area contributed by atoms with Crippen LogP contribution < -0.4 is 5.32 Å². The number of hydrogen-bond donors (Lipinski definition) is 2. The Balaban J connectivity index is 1.98. The van der Waals surface area contributed by atoms with Crippen LogP contribution in [0.2, 0.25) is 0 Å². The normalized spacial score (nSPS) is 12.2. The van der Waals surface area contributed by atoms with E-state index in [1.807, 2.05) is 22.6 Å². The summed E-state index contributed by atoms with van der Waals surface area (Å²) in [5.41, 5.74) is 1.40. The number of furan rings is 1. The number of ether oxygens (including phenoxy) is 1. The van der Waals surface area contributed by atoms with Crippen molar-refractivity contribution in [3.63, 3.8) is 0 Å². The molecule has 0 bridgehead atoms. The first-order chi connectivity index (χ1) is 15.7. The molecule has 12 heteroatoms. The molecule has 1 atom stereocenters. The van der Waals surface area contributed by atoms with Gasteiger partial charge in [-0.25, -0.2) is 13.6 Å². The predicted molar refractivity (Wildman–Crippen MR) is 128 cm³/mol. The third-order valence-electron chi connectivity index (χ3n) is 4.83. The second-order valence-electron chi connectivity index (χ2n) is 6.94. The number of nitrogens with zero attached hydrogens (tertiary/aromatic N) is 2. The molecule has 0 spiro atoms. The third kappa shape index (κ3) is 5.93. The van der Waals surface area contributed by atoms with Crippen molar-refractivity contribution in [2.24, 2.45) is 0 Å². The lowest BCUT2D eigenvalue weighted by Crippen LogP contribution is -2.27. The number of methoxy groups -OCH3 is 1. The lowest BCUT2D eigenvalue weighted by Gasteiger charge is -2.17. The van der Waals surface area contributed by atoms with E-state index in [0.29, 0.717) is 26.6 Å². The van der Waals surface area contributed by atoms with Crippen LogP contribution in [0.3, 0.4) is 0 Å². The maximum Gasteiger partial charge on any atom is 0.305 e. The average molecular weight is 589 g/mol. The lowest BCUT2D eigenvalue weighted by molar-refractivity contribution is -0.140. The Hall–Kier alpha value is -2.42. The molecule has 1 aromatic carbocycles. The summed E-state index contributed by atoms with van der Waals surface area (Å²) in [5.74, 6) is -0.973. The highest BCUT2D eigenvalue weighted by Crippen LogP contribution is 2.34. The van der Waals surface area contributed by atoms with Crippen LogP contribution in [0.1, 0.15) is 28.9 Å². The first kappa shape index (κ1) is 25.2. The van der Waals surface area contributed by atoms with Gasteiger partial charge in [0.2, 0.25) is 17.0 Å². The molecule has 1 amide bonds. The molecule has 2 heterocycles. The van der Waals surface area contributed by atoms with Gasteiger partial charge < -0.3 is 14.5 Å². The molecule has 176 valence electrons. The van der Waals surface area contributed by atoms with E-state index in [9.17, 15) is 22.7 Å². The quantitative estimate of drug-likeness (QED) is 0.223. The van der Waals surface area contributed by atoms with Gasteiger partial charge in [-0.1, -0.05) is 0 Å². The summed E-state index contributed by atoms with van der Waals surface area (Å²) in [7, 11) is 2.77. The van der Waals surface area contributed by atoms with Crippen LogP contribution >= 0.6 is 22.6 Å². The van der Waals surface area contributed by atoms with Gasteiger partial charge in [-0.05, 0) is 59.3 Å². The van der Waals surface area contributed by atoms with Gasteiger partial charge in [0, 0.05) is 29.1 Å². The Morgan fingerprint density at radius 3 is 2.64 bits per heavy atom. The topological polar surface area (TPSA) is 122 Å². The maximum atomic E-state index is 13.4. The largest absolute Gasteiger partial charge is 0.469 e. The lowest BCUT2D eigenvalue weighted by atomic mass is 10.1. The maximum absolute atomic E-state index is 13.4. The van der Waals surface area contributed by atoms with E-state index in [2.05, 4.69) is 15.0 Å². The highest BCUT2D eigenvalue weighted by Gasteiger charge is 2.24. The minimum Gasteiger partial charge on any atom is -0.469 e. The minimum atomic E-state index is -2.29. The van der Waals surface area contributed by atoms with Gasteiger partial charge in [0.1, 0.15) is 11.6 Å². The van der Waals surface area contributed by atoms with Gasteiger partial charge >= 0.3 is 5.97 Å². The van der Waals surface area contributed by atoms with E-state index in [1.165, 1.54) is 42.7 Å². The van der Waals surface area contributed by atoms with E-state index in [4.69, 9.17) is 4.42 Å². The van der Waals surface area contributed by atoms with Crippen molar-refractivity contribution in [2.75, 3.05) is 20.7 Å². The van der Waals surface area contributed by atoms with Crippen molar-refractivity contribution in [1.82, 2.24) is 14.6 Å². The van der Waals surface area contributed by atoms with Crippen molar-refractivity contribution < 1.29 is 31.9 Å². The number of hydrogen-bond acceptors (Lipinski definition) is 6. The number of rotatable bonds is 9. The zero-order chi connectivity index (χ0) is 24.1. The Bertz CT molecular complexity index is 1200. The number of aromatic nitrogens is 1. The van der Waals surface area contributed by atoms with Crippen LogP contribution in [0, 0.1) is 9.39 Å². The van der Waals surface area contributed by atoms with Crippen LogP contribution in [0.5, 0.6) is 0 Å². The number of amides is 1. The Morgan fingerprint density at radius 2 is 2.03 bits per heavy atom. The van der Waals surface area contributed by atoms with E-state index in [-0.39, 0.29) is 42.5 Å². The van der Waals surface area contributed by atoms with Gasteiger partial charge in [0.15, 0.2) is 0 Å². The van der Waals surface area contributed by atoms with E-state index in [1.54, 1.807) is 6.07 Å². The van der Waals surface area contributed by atoms with Crippen LogP contribution in [0.25, 0.3) is 22.4 Å². The summed E-state index contributed by atoms with van der Waals surface area (Å²) in [5, 5.41) is 3.04. The number of pyridine rings is 1. The third-order valence-corrected chi connectivity index (χ3v) is 6.52. The molecule has 2 aromatic heterocycles. The highest BCUT2D eigenvalue weighted by molar-refractivity contribution is 14.1. The summed E-state index contributed by atoms with van der Waals surface area (Å²) in [6.07, 6.45) is 0.441. The van der Waals surface area contributed by atoms with Crippen molar-refractivity contribution >= 4 is 56.8 Å². The second-order valence-corrected chi connectivity index (χ2v) is 9.08. The Morgan fingerprint density at radius 1 is 1.33 bits per heavy atom. The monoisotopic (exact) mass is 589 g/mol. The number of carbonyl (C=O) groups is 2. The van der Waals surface area contributed by atoms with Crippen molar-refractivity contribution in [2.45, 2.75) is 19.4 Å². The molecule has 3 rings (SSSR count). The highest BCUT2D eigenvalue weighted by atomic mass is 127. The molecule has 0 saturated carbocycles. The first-order valence-corrected chi connectivity index (χ1v) is 11.9. The number of halogens is 2. The fourth-order valence-corrected chi connectivity index (χ4v) is 4.30. The molecule has 0 radical (unpaired) electrons.